The Balaban J connectivity index is 2.36. The van der Waals surface area contributed by atoms with Crippen molar-refractivity contribution in [3.8, 4) is 0 Å². The standard InChI is InChI=1S/C14H8ClF3N2O3/c15-8-4-5-12(14(16,17)18)11(6-8)13(21)19-9-2-1-3-10(7-9)20(22)23/h1-7H,(H,19,21). The predicted molar refractivity (Wildman–Crippen MR) is 77.5 cm³/mol. The van der Waals surface area contributed by atoms with Crippen LogP contribution < -0.4 is 5.32 Å². The Hall–Kier alpha value is -2.61. The number of rotatable bonds is 3. The molecule has 2 aromatic carbocycles. The summed E-state index contributed by atoms with van der Waals surface area (Å²) in [7, 11) is 0. The molecule has 5 nitrogen and oxygen atoms in total. The lowest BCUT2D eigenvalue weighted by Crippen LogP contribution is -2.18. The molecule has 0 aromatic heterocycles. The van der Waals surface area contributed by atoms with Gasteiger partial charge in [0.1, 0.15) is 0 Å². The van der Waals surface area contributed by atoms with E-state index in [0.717, 1.165) is 18.2 Å². The Morgan fingerprint density at radius 3 is 2.48 bits per heavy atom. The monoisotopic (exact) mass is 344 g/mol. The molecule has 0 atom stereocenters. The van der Waals surface area contributed by atoms with E-state index in [1.54, 1.807) is 0 Å². The van der Waals surface area contributed by atoms with Crippen LogP contribution in [0.3, 0.4) is 0 Å². The number of non-ortho nitro benzene ring substituents is 1. The van der Waals surface area contributed by atoms with Gasteiger partial charge in [-0.05, 0) is 24.3 Å². The third-order valence-electron chi connectivity index (χ3n) is 2.85. The molecule has 0 fully saturated rings. The minimum Gasteiger partial charge on any atom is -0.322 e. The summed E-state index contributed by atoms with van der Waals surface area (Å²) in [5.74, 6) is -1.07. The molecule has 0 bridgehead atoms. The van der Waals surface area contributed by atoms with Crippen molar-refractivity contribution in [2.24, 2.45) is 0 Å². The van der Waals surface area contributed by atoms with Gasteiger partial charge in [-0.25, -0.2) is 0 Å². The second-order valence-electron chi connectivity index (χ2n) is 4.45. The molecule has 2 rings (SSSR count). The normalized spacial score (nSPS) is 11.1. The Bertz CT molecular complexity index is 778. The van der Waals surface area contributed by atoms with Gasteiger partial charge in [-0.2, -0.15) is 13.2 Å². The van der Waals surface area contributed by atoms with Crippen molar-refractivity contribution in [3.05, 3.63) is 68.7 Å². The fourth-order valence-corrected chi connectivity index (χ4v) is 2.02. The van der Waals surface area contributed by atoms with Crippen LogP contribution in [0.2, 0.25) is 5.02 Å². The maximum absolute atomic E-state index is 12.9. The summed E-state index contributed by atoms with van der Waals surface area (Å²) in [6.07, 6.45) is -4.74. The SMILES string of the molecule is O=C(Nc1cccc([N+](=O)[O-])c1)c1cc(Cl)ccc1C(F)(F)F. The van der Waals surface area contributed by atoms with E-state index in [1.807, 2.05) is 0 Å². The summed E-state index contributed by atoms with van der Waals surface area (Å²) < 4.78 is 38.8. The van der Waals surface area contributed by atoms with E-state index in [1.165, 1.54) is 18.2 Å². The number of anilines is 1. The molecular weight excluding hydrogens is 337 g/mol. The molecule has 0 unspecified atom stereocenters. The first-order chi connectivity index (χ1) is 10.7. The number of carbonyl (C=O) groups is 1. The number of carbonyl (C=O) groups excluding carboxylic acids is 1. The number of nitrogens with zero attached hydrogens (tertiary/aromatic N) is 1. The molecule has 1 amide bonds. The van der Waals surface area contributed by atoms with Crippen molar-refractivity contribution >= 4 is 28.9 Å². The van der Waals surface area contributed by atoms with Gasteiger partial charge in [0.05, 0.1) is 16.1 Å². The number of amides is 1. The zero-order valence-corrected chi connectivity index (χ0v) is 12.0. The third-order valence-corrected chi connectivity index (χ3v) is 3.08. The molecule has 23 heavy (non-hydrogen) atoms. The molecule has 0 saturated carbocycles. The van der Waals surface area contributed by atoms with Crippen LogP contribution in [0.1, 0.15) is 15.9 Å². The topological polar surface area (TPSA) is 72.2 Å². The number of halogens is 4. The van der Waals surface area contributed by atoms with Crippen molar-refractivity contribution in [1.82, 2.24) is 0 Å². The Morgan fingerprint density at radius 1 is 1.17 bits per heavy atom. The van der Waals surface area contributed by atoms with Gasteiger partial charge in [0.25, 0.3) is 11.6 Å². The van der Waals surface area contributed by atoms with Crippen molar-refractivity contribution in [1.29, 1.82) is 0 Å². The number of alkyl halides is 3. The van der Waals surface area contributed by atoms with E-state index >= 15 is 0 Å². The molecule has 0 saturated heterocycles. The average molecular weight is 345 g/mol. The third kappa shape index (κ3) is 3.98. The summed E-state index contributed by atoms with van der Waals surface area (Å²) >= 11 is 5.64. The number of hydrogen-bond acceptors (Lipinski definition) is 3. The maximum atomic E-state index is 12.9. The lowest BCUT2D eigenvalue weighted by atomic mass is 10.1. The molecular formula is C14H8ClF3N2O3. The summed E-state index contributed by atoms with van der Waals surface area (Å²) in [5, 5.41) is 12.8. The molecule has 2 aromatic rings. The van der Waals surface area contributed by atoms with Crippen LogP contribution >= 0.6 is 11.6 Å². The van der Waals surface area contributed by atoms with Crippen LogP contribution in [0.5, 0.6) is 0 Å². The van der Waals surface area contributed by atoms with Gasteiger partial charge in [-0.15, -0.1) is 0 Å². The maximum Gasteiger partial charge on any atom is 0.417 e. The fourth-order valence-electron chi connectivity index (χ4n) is 1.85. The van der Waals surface area contributed by atoms with E-state index in [2.05, 4.69) is 5.32 Å². The minimum atomic E-state index is -4.74. The number of hydrogen-bond donors (Lipinski definition) is 1. The van der Waals surface area contributed by atoms with E-state index in [4.69, 9.17) is 11.6 Å². The second-order valence-corrected chi connectivity index (χ2v) is 4.89. The van der Waals surface area contributed by atoms with Gasteiger partial charge in [0, 0.05) is 22.8 Å². The highest BCUT2D eigenvalue weighted by atomic mass is 35.5. The molecule has 0 aliphatic rings. The van der Waals surface area contributed by atoms with Crippen LogP contribution in [0.4, 0.5) is 24.5 Å². The summed E-state index contributed by atoms with van der Waals surface area (Å²) in [6, 6.07) is 7.46. The number of nitrogens with one attached hydrogen (secondary N) is 1. The van der Waals surface area contributed by atoms with Crippen molar-refractivity contribution < 1.29 is 22.9 Å². The molecule has 0 heterocycles. The first kappa shape index (κ1) is 16.8. The summed E-state index contributed by atoms with van der Waals surface area (Å²) in [5.41, 5.74) is -2.12. The molecule has 0 radical (unpaired) electrons. The smallest absolute Gasteiger partial charge is 0.322 e. The molecule has 0 spiro atoms. The van der Waals surface area contributed by atoms with Crippen molar-refractivity contribution in [3.63, 3.8) is 0 Å². The summed E-state index contributed by atoms with van der Waals surface area (Å²) in [6.45, 7) is 0. The van der Waals surface area contributed by atoms with Gasteiger partial charge >= 0.3 is 6.18 Å². The molecule has 9 heteroatoms. The number of benzene rings is 2. The molecule has 0 aliphatic carbocycles. The van der Waals surface area contributed by atoms with Crippen LogP contribution in [-0.4, -0.2) is 10.8 Å². The summed E-state index contributed by atoms with van der Waals surface area (Å²) in [4.78, 5) is 22.1. The Labute approximate surface area is 132 Å². The zero-order valence-electron chi connectivity index (χ0n) is 11.2. The fraction of sp³-hybridized carbons (Fsp3) is 0.0714. The van der Waals surface area contributed by atoms with Crippen LogP contribution in [0, 0.1) is 10.1 Å². The van der Waals surface area contributed by atoms with Gasteiger partial charge in [0.15, 0.2) is 0 Å². The van der Waals surface area contributed by atoms with Gasteiger partial charge in [0.2, 0.25) is 0 Å². The number of nitro groups is 1. The van der Waals surface area contributed by atoms with Crippen LogP contribution in [0.15, 0.2) is 42.5 Å². The van der Waals surface area contributed by atoms with Crippen LogP contribution in [-0.2, 0) is 6.18 Å². The Kier molecular flexibility index (Phi) is 4.55. The lowest BCUT2D eigenvalue weighted by Gasteiger charge is -2.13. The first-order valence-corrected chi connectivity index (χ1v) is 6.49. The molecule has 1 N–H and O–H groups in total. The van der Waals surface area contributed by atoms with Crippen LogP contribution in [0.25, 0.3) is 0 Å². The molecule has 0 aliphatic heterocycles. The zero-order chi connectivity index (χ0) is 17.2. The quantitative estimate of drug-likeness (QED) is 0.657. The predicted octanol–water partition coefficient (Wildman–Crippen LogP) is 4.52. The minimum absolute atomic E-state index is 0.00250. The number of nitro benzene ring substituents is 1. The van der Waals surface area contributed by atoms with Gasteiger partial charge in [-0.3, -0.25) is 14.9 Å². The van der Waals surface area contributed by atoms with E-state index in [0.29, 0.717) is 6.07 Å². The second kappa shape index (κ2) is 6.25. The molecule has 120 valence electrons. The van der Waals surface area contributed by atoms with E-state index < -0.39 is 28.1 Å². The van der Waals surface area contributed by atoms with E-state index in [9.17, 15) is 28.1 Å². The van der Waals surface area contributed by atoms with E-state index in [-0.39, 0.29) is 16.4 Å². The highest BCUT2D eigenvalue weighted by molar-refractivity contribution is 6.31. The highest BCUT2D eigenvalue weighted by Gasteiger charge is 2.35. The van der Waals surface area contributed by atoms with Gasteiger partial charge < -0.3 is 5.32 Å². The van der Waals surface area contributed by atoms with Crippen molar-refractivity contribution in [2.75, 3.05) is 5.32 Å². The average Bonchev–Trinajstić information content (AvgIpc) is 2.46. The van der Waals surface area contributed by atoms with Crippen molar-refractivity contribution in [2.45, 2.75) is 6.18 Å². The first-order valence-electron chi connectivity index (χ1n) is 6.11. The highest BCUT2D eigenvalue weighted by Crippen LogP contribution is 2.33. The lowest BCUT2D eigenvalue weighted by molar-refractivity contribution is -0.384. The van der Waals surface area contributed by atoms with Gasteiger partial charge in [-0.1, -0.05) is 17.7 Å². The Morgan fingerprint density at radius 2 is 1.87 bits per heavy atom. The largest absolute Gasteiger partial charge is 0.417 e.